The van der Waals surface area contributed by atoms with Crippen LogP contribution >= 0.6 is 0 Å². The third-order valence-electron chi connectivity index (χ3n) is 2.98. The van der Waals surface area contributed by atoms with Gasteiger partial charge >= 0.3 is 0 Å². The normalized spacial score (nSPS) is 13.3. The zero-order valence-corrected chi connectivity index (χ0v) is 13.6. The highest BCUT2D eigenvalue weighted by Crippen LogP contribution is 2.08. The molecule has 0 fully saturated rings. The summed E-state index contributed by atoms with van der Waals surface area (Å²) >= 11 is 0. The lowest BCUT2D eigenvalue weighted by Crippen LogP contribution is -2.36. The van der Waals surface area contributed by atoms with E-state index in [1.165, 1.54) is 7.11 Å². The average Bonchev–Trinajstić information content (AvgIpc) is 2.45. The Kier molecular flexibility index (Phi) is 7.84. The molecule has 1 rings (SSSR count). The van der Waals surface area contributed by atoms with E-state index in [0.717, 1.165) is 17.7 Å². The third-order valence-corrected chi connectivity index (χ3v) is 4.30. The molecule has 0 aliphatic heterocycles. The van der Waals surface area contributed by atoms with Gasteiger partial charge in [0.1, 0.15) is 0 Å². The zero-order valence-electron chi connectivity index (χ0n) is 12.8. The first kappa shape index (κ1) is 18.1. The highest BCUT2D eigenvalue weighted by Gasteiger charge is 2.15. The van der Waals surface area contributed by atoms with Crippen molar-refractivity contribution in [3.8, 4) is 0 Å². The molecule has 21 heavy (non-hydrogen) atoms. The fourth-order valence-electron chi connectivity index (χ4n) is 1.84. The summed E-state index contributed by atoms with van der Waals surface area (Å²) in [5.41, 5.74) is 1.87. The number of hydrogen-bond donors (Lipinski definition) is 2. The van der Waals surface area contributed by atoms with Gasteiger partial charge in [0.25, 0.3) is 0 Å². The average molecular weight is 316 g/mol. The molecule has 0 aliphatic carbocycles. The molecule has 0 bridgehead atoms. The fourth-order valence-corrected chi connectivity index (χ4v) is 3.02. The highest BCUT2D eigenvalue weighted by molar-refractivity contribution is 7.88. The highest BCUT2D eigenvalue weighted by atomic mass is 32.2. The first-order valence-corrected chi connectivity index (χ1v) is 8.37. The van der Waals surface area contributed by atoms with Crippen LogP contribution in [0.3, 0.4) is 0 Å². The Hall–Kier alpha value is -0.990. The topological polar surface area (TPSA) is 76.7 Å². The Morgan fingerprint density at radius 1 is 1.14 bits per heavy atom. The summed E-state index contributed by atoms with van der Waals surface area (Å²) in [6, 6.07) is 7.50. The minimum atomic E-state index is -3.38. The molecule has 0 aromatic heterocycles. The van der Waals surface area contributed by atoms with Crippen LogP contribution in [-0.2, 0) is 31.8 Å². The smallest absolute Gasteiger partial charge is 0.215 e. The second kappa shape index (κ2) is 9.11. The molecule has 0 aliphatic rings. The summed E-state index contributed by atoms with van der Waals surface area (Å²) in [4.78, 5) is 0. The van der Waals surface area contributed by atoms with Crippen LogP contribution in [0, 0.1) is 0 Å². The van der Waals surface area contributed by atoms with Gasteiger partial charge in [-0.1, -0.05) is 24.3 Å². The van der Waals surface area contributed by atoms with Crippen molar-refractivity contribution in [2.75, 3.05) is 34.4 Å². The Balaban J connectivity index is 2.55. The molecular weight excluding hydrogens is 292 g/mol. The number of rotatable bonds is 10. The van der Waals surface area contributed by atoms with Gasteiger partial charge in [0, 0.05) is 27.3 Å². The third kappa shape index (κ3) is 7.01. The molecule has 1 unspecified atom stereocenters. The van der Waals surface area contributed by atoms with Crippen molar-refractivity contribution in [1.29, 1.82) is 0 Å². The van der Waals surface area contributed by atoms with Crippen LogP contribution in [0.1, 0.15) is 11.1 Å². The minimum absolute atomic E-state index is 0.0454. The molecule has 2 N–H and O–H groups in total. The van der Waals surface area contributed by atoms with Gasteiger partial charge in [-0.05, 0) is 18.2 Å². The van der Waals surface area contributed by atoms with E-state index in [4.69, 9.17) is 9.47 Å². The van der Waals surface area contributed by atoms with Crippen molar-refractivity contribution < 1.29 is 17.9 Å². The SMILES string of the molecule is CNCc1ccc(CS(=O)(=O)NCC(COC)OC)cc1. The van der Waals surface area contributed by atoms with Crippen LogP contribution in [0.5, 0.6) is 0 Å². The maximum absolute atomic E-state index is 12.0. The van der Waals surface area contributed by atoms with Crippen molar-refractivity contribution >= 4 is 10.0 Å². The van der Waals surface area contributed by atoms with Gasteiger partial charge in [0.2, 0.25) is 10.0 Å². The Labute approximate surface area is 126 Å². The molecule has 1 aromatic rings. The van der Waals surface area contributed by atoms with Gasteiger partial charge in [0.05, 0.1) is 18.5 Å². The van der Waals surface area contributed by atoms with Crippen molar-refractivity contribution in [1.82, 2.24) is 10.0 Å². The van der Waals surface area contributed by atoms with E-state index in [-0.39, 0.29) is 18.4 Å². The number of ether oxygens (including phenoxy) is 2. The van der Waals surface area contributed by atoms with Gasteiger partial charge in [0.15, 0.2) is 0 Å². The van der Waals surface area contributed by atoms with Crippen molar-refractivity contribution in [3.05, 3.63) is 35.4 Å². The first-order valence-electron chi connectivity index (χ1n) is 6.72. The van der Waals surface area contributed by atoms with Crippen LogP contribution in [0.25, 0.3) is 0 Å². The summed E-state index contributed by atoms with van der Waals surface area (Å²) < 4.78 is 36.6. The maximum Gasteiger partial charge on any atom is 0.215 e. The second-order valence-corrected chi connectivity index (χ2v) is 6.57. The van der Waals surface area contributed by atoms with Gasteiger partial charge in [-0.25, -0.2) is 13.1 Å². The van der Waals surface area contributed by atoms with Crippen molar-refractivity contribution in [2.24, 2.45) is 0 Å². The monoisotopic (exact) mass is 316 g/mol. The number of methoxy groups -OCH3 is 2. The molecule has 0 radical (unpaired) electrons. The number of benzene rings is 1. The van der Waals surface area contributed by atoms with E-state index in [1.54, 1.807) is 7.11 Å². The van der Waals surface area contributed by atoms with E-state index in [9.17, 15) is 8.42 Å². The van der Waals surface area contributed by atoms with E-state index >= 15 is 0 Å². The second-order valence-electron chi connectivity index (χ2n) is 4.77. The Morgan fingerprint density at radius 3 is 2.29 bits per heavy atom. The predicted molar refractivity (Wildman–Crippen MR) is 82.5 cm³/mol. The molecule has 7 heteroatoms. The van der Waals surface area contributed by atoms with E-state index in [2.05, 4.69) is 10.0 Å². The summed E-state index contributed by atoms with van der Waals surface area (Å²) in [6.07, 6.45) is -0.289. The van der Waals surface area contributed by atoms with Crippen molar-refractivity contribution in [2.45, 2.75) is 18.4 Å². The molecule has 1 aromatic carbocycles. The number of nitrogens with one attached hydrogen (secondary N) is 2. The van der Waals surface area contributed by atoms with Crippen LogP contribution in [0.4, 0.5) is 0 Å². The number of hydrogen-bond acceptors (Lipinski definition) is 5. The molecule has 0 saturated carbocycles. The van der Waals surface area contributed by atoms with Crippen LogP contribution in [0.2, 0.25) is 0 Å². The lowest BCUT2D eigenvalue weighted by molar-refractivity contribution is 0.0320. The van der Waals surface area contributed by atoms with Gasteiger partial charge < -0.3 is 14.8 Å². The quantitative estimate of drug-likeness (QED) is 0.657. The summed E-state index contributed by atoms with van der Waals surface area (Å²) in [5, 5.41) is 3.05. The molecule has 120 valence electrons. The molecular formula is C14H24N2O4S. The minimum Gasteiger partial charge on any atom is -0.382 e. The van der Waals surface area contributed by atoms with Crippen LogP contribution in [0.15, 0.2) is 24.3 Å². The largest absolute Gasteiger partial charge is 0.382 e. The zero-order chi connectivity index (χ0) is 15.7. The number of sulfonamides is 1. The molecule has 0 heterocycles. The lowest BCUT2D eigenvalue weighted by atomic mass is 10.1. The summed E-state index contributed by atoms with van der Waals surface area (Å²) in [7, 11) is 1.56. The van der Waals surface area contributed by atoms with E-state index in [0.29, 0.717) is 6.61 Å². The van der Waals surface area contributed by atoms with Gasteiger partial charge in [-0.3, -0.25) is 0 Å². The molecule has 0 saturated heterocycles. The molecule has 1 atom stereocenters. The van der Waals surface area contributed by atoms with Crippen LogP contribution in [-0.4, -0.2) is 48.9 Å². The first-order chi connectivity index (χ1) is 10.0. The van der Waals surface area contributed by atoms with E-state index in [1.807, 2.05) is 31.3 Å². The Bertz CT molecular complexity index is 502. The standard InChI is InChI=1S/C14H24N2O4S/c1-15-8-12-4-6-13(7-5-12)11-21(17,18)16-9-14(20-3)10-19-2/h4-7,14-16H,8-11H2,1-3H3. The van der Waals surface area contributed by atoms with Crippen LogP contribution < -0.4 is 10.0 Å². The lowest BCUT2D eigenvalue weighted by Gasteiger charge is -2.15. The van der Waals surface area contributed by atoms with E-state index < -0.39 is 10.0 Å². The fraction of sp³-hybridized carbons (Fsp3) is 0.571. The maximum atomic E-state index is 12.0. The predicted octanol–water partition coefficient (Wildman–Crippen LogP) is 0.487. The van der Waals surface area contributed by atoms with Gasteiger partial charge in [-0.15, -0.1) is 0 Å². The molecule has 6 nitrogen and oxygen atoms in total. The summed E-state index contributed by atoms with van der Waals surface area (Å²) in [5.74, 6) is -0.0454. The van der Waals surface area contributed by atoms with Crippen molar-refractivity contribution in [3.63, 3.8) is 0 Å². The molecule has 0 spiro atoms. The molecule has 0 amide bonds. The Morgan fingerprint density at radius 2 is 1.76 bits per heavy atom. The summed E-state index contributed by atoms with van der Waals surface area (Å²) in [6.45, 7) is 1.31. The van der Waals surface area contributed by atoms with Gasteiger partial charge in [-0.2, -0.15) is 0 Å².